The predicted molar refractivity (Wildman–Crippen MR) is 75.6 cm³/mol. The van der Waals surface area contributed by atoms with Gasteiger partial charge in [0.2, 0.25) is 0 Å². The molecule has 2 amide bonds. The number of benzene rings is 1. The van der Waals surface area contributed by atoms with Gasteiger partial charge in [-0.1, -0.05) is 35.7 Å². The fourth-order valence-corrected chi connectivity index (χ4v) is 2.64. The Bertz CT molecular complexity index is 585. The molecule has 1 atom stereocenters. The highest BCUT2D eigenvalue weighted by molar-refractivity contribution is 9.10. The fourth-order valence-electron chi connectivity index (χ4n) is 2.28. The van der Waals surface area contributed by atoms with Gasteiger partial charge in [-0.3, -0.25) is 14.5 Å². The van der Waals surface area contributed by atoms with Crippen molar-refractivity contribution in [3.63, 3.8) is 0 Å². The molecule has 0 saturated heterocycles. The topological polar surface area (TPSA) is 74.7 Å². The van der Waals surface area contributed by atoms with Crippen LogP contribution >= 0.6 is 15.9 Å². The van der Waals surface area contributed by atoms with Crippen LogP contribution in [0.5, 0.6) is 0 Å². The molecule has 1 aliphatic rings. The number of aliphatic carboxylic acids is 1. The minimum Gasteiger partial charge on any atom is -0.480 e. The Balaban J connectivity index is 2.37. The normalized spacial score (nSPS) is 15.4. The lowest BCUT2D eigenvalue weighted by Crippen LogP contribution is -2.44. The summed E-state index contributed by atoms with van der Waals surface area (Å²) in [4.78, 5) is 36.8. The molecule has 1 aromatic rings. The molecule has 1 unspecified atom stereocenters. The molecule has 1 aliphatic heterocycles. The quantitative estimate of drug-likeness (QED) is 0.837. The lowest BCUT2D eigenvalue weighted by atomic mass is 10.1. The summed E-state index contributed by atoms with van der Waals surface area (Å²) in [6.45, 7) is 1.93. The lowest BCUT2D eigenvalue weighted by Gasteiger charge is -2.22. The summed E-state index contributed by atoms with van der Waals surface area (Å²) in [5.74, 6) is -2.21. The second-order valence-corrected chi connectivity index (χ2v) is 5.58. The Morgan fingerprint density at radius 1 is 1.30 bits per heavy atom. The average molecular weight is 340 g/mol. The minimum absolute atomic E-state index is 0.257. The van der Waals surface area contributed by atoms with Gasteiger partial charge >= 0.3 is 5.97 Å². The molecule has 0 bridgehead atoms. The number of fused-ring (bicyclic) bond motifs is 1. The maximum Gasteiger partial charge on any atom is 0.326 e. The minimum atomic E-state index is -1.15. The van der Waals surface area contributed by atoms with Crippen molar-refractivity contribution in [2.45, 2.75) is 32.2 Å². The van der Waals surface area contributed by atoms with Crippen molar-refractivity contribution in [1.29, 1.82) is 0 Å². The molecule has 1 aromatic carbocycles. The van der Waals surface area contributed by atoms with Crippen molar-refractivity contribution in [3.8, 4) is 0 Å². The highest BCUT2D eigenvalue weighted by atomic mass is 79.9. The van der Waals surface area contributed by atoms with E-state index in [2.05, 4.69) is 15.9 Å². The van der Waals surface area contributed by atoms with E-state index in [-0.39, 0.29) is 17.5 Å². The van der Waals surface area contributed by atoms with Gasteiger partial charge in [0.25, 0.3) is 11.8 Å². The summed E-state index contributed by atoms with van der Waals surface area (Å²) in [5, 5.41) is 9.27. The van der Waals surface area contributed by atoms with Crippen molar-refractivity contribution in [3.05, 3.63) is 33.8 Å². The first-order valence-corrected chi connectivity index (χ1v) is 7.17. The number of halogens is 1. The highest BCUT2D eigenvalue weighted by Crippen LogP contribution is 2.28. The number of carbonyl (C=O) groups is 3. The van der Waals surface area contributed by atoms with Crippen LogP contribution in [0.1, 0.15) is 46.9 Å². The van der Waals surface area contributed by atoms with Crippen LogP contribution in [-0.2, 0) is 4.79 Å². The summed E-state index contributed by atoms with van der Waals surface area (Å²) in [5.41, 5.74) is 0.521. The van der Waals surface area contributed by atoms with Gasteiger partial charge in [-0.25, -0.2) is 4.79 Å². The first-order chi connectivity index (χ1) is 9.47. The number of rotatable bonds is 5. The van der Waals surface area contributed by atoms with E-state index in [1.807, 2.05) is 6.92 Å². The molecule has 106 valence electrons. The molecule has 1 heterocycles. The number of unbranched alkanes of at least 4 members (excludes halogenated alkanes) is 1. The predicted octanol–water partition coefficient (Wildman–Crippen LogP) is 2.69. The van der Waals surface area contributed by atoms with E-state index in [4.69, 9.17) is 0 Å². The number of amides is 2. The van der Waals surface area contributed by atoms with Gasteiger partial charge in [-0.2, -0.15) is 0 Å². The van der Waals surface area contributed by atoms with Gasteiger partial charge in [-0.15, -0.1) is 0 Å². The van der Waals surface area contributed by atoms with Gasteiger partial charge in [-0.05, 0) is 24.6 Å². The smallest absolute Gasteiger partial charge is 0.326 e. The summed E-state index contributed by atoms with van der Waals surface area (Å²) in [6, 6.07) is 3.66. The van der Waals surface area contributed by atoms with Crippen molar-refractivity contribution in [1.82, 2.24) is 4.90 Å². The Morgan fingerprint density at radius 2 is 1.95 bits per heavy atom. The summed E-state index contributed by atoms with van der Waals surface area (Å²) in [7, 11) is 0. The first kappa shape index (κ1) is 14.7. The summed E-state index contributed by atoms with van der Waals surface area (Å²) in [6.07, 6.45) is 1.73. The van der Waals surface area contributed by atoms with E-state index >= 15 is 0 Å². The number of carboxylic acids is 1. The van der Waals surface area contributed by atoms with Crippen LogP contribution in [0.2, 0.25) is 0 Å². The van der Waals surface area contributed by atoms with Gasteiger partial charge in [0.15, 0.2) is 0 Å². The molecule has 2 rings (SSSR count). The Hall–Kier alpha value is -1.69. The van der Waals surface area contributed by atoms with Crippen molar-refractivity contribution < 1.29 is 19.5 Å². The molecule has 0 spiro atoms. The van der Waals surface area contributed by atoms with Crippen molar-refractivity contribution >= 4 is 33.7 Å². The Kier molecular flexibility index (Phi) is 4.23. The number of carbonyl (C=O) groups excluding carboxylic acids is 2. The fraction of sp³-hybridized carbons (Fsp3) is 0.357. The molecule has 0 radical (unpaired) electrons. The van der Waals surface area contributed by atoms with Crippen LogP contribution in [0.4, 0.5) is 0 Å². The van der Waals surface area contributed by atoms with Crippen LogP contribution in [0.25, 0.3) is 0 Å². The molecule has 0 saturated carbocycles. The summed E-state index contributed by atoms with van der Waals surface area (Å²) < 4.78 is 0.680. The van der Waals surface area contributed by atoms with Crippen LogP contribution in [0, 0.1) is 0 Å². The third-order valence-electron chi connectivity index (χ3n) is 3.31. The van der Waals surface area contributed by atoms with E-state index in [1.54, 1.807) is 18.2 Å². The van der Waals surface area contributed by atoms with E-state index in [9.17, 15) is 19.5 Å². The second-order valence-electron chi connectivity index (χ2n) is 4.67. The number of carboxylic acid groups (broad SMARTS) is 1. The SMILES string of the molecule is CCCCC(C(=O)O)N1C(=O)c2ccc(Br)cc2C1=O. The summed E-state index contributed by atoms with van der Waals surface area (Å²) >= 11 is 3.24. The number of nitrogens with zero attached hydrogens (tertiary/aromatic N) is 1. The molecule has 0 aromatic heterocycles. The third kappa shape index (κ3) is 2.47. The third-order valence-corrected chi connectivity index (χ3v) is 3.80. The molecule has 6 heteroatoms. The number of imide groups is 1. The lowest BCUT2D eigenvalue weighted by molar-refractivity contribution is -0.141. The maximum absolute atomic E-state index is 12.3. The molecule has 5 nitrogen and oxygen atoms in total. The van der Waals surface area contributed by atoms with Crippen molar-refractivity contribution in [2.24, 2.45) is 0 Å². The average Bonchev–Trinajstić information content (AvgIpc) is 2.63. The Morgan fingerprint density at radius 3 is 2.55 bits per heavy atom. The van der Waals surface area contributed by atoms with E-state index < -0.39 is 23.8 Å². The van der Waals surface area contributed by atoms with Crippen LogP contribution in [-0.4, -0.2) is 33.8 Å². The monoisotopic (exact) mass is 339 g/mol. The molecular weight excluding hydrogens is 326 g/mol. The van der Waals surface area contributed by atoms with Gasteiger partial charge < -0.3 is 5.11 Å². The van der Waals surface area contributed by atoms with Gasteiger partial charge in [0.1, 0.15) is 6.04 Å². The number of hydrogen-bond acceptors (Lipinski definition) is 3. The zero-order valence-electron chi connectivity index (χ0n) is 10.9. The zero-order valence-corrected chi connectivity index (χ0v) is 12.5. The van der Waals surface area contributed by atoms with Crippen molar-refractivity contribution in [2.75, 3.05) is 0 Å². The molecular formula is C14H14BrNO4. The first-order valence-electron chi connectivity index (χ1n) is 6.37. The molecule has 20 heavy (non-hydrogen) atoms. The molecule has 0 aliphatic carbocycles. The van der Waals surface area contributed by atoms with Gasteiger partial charge in [0.05, 0.1) is 11.1 Å². The van der Waals surface area contributed by atoms with Gasteiger partial charge in [0, 0.05) is 4.47 Å². The second kappa shape index (κ2) is 5.75. The maximum atomic E-state index is 12.3. The highest BCUT2D eigenvalue weighted by Gasteiger charge is 2.42. The number of hydrogen-bond donors (Lipinski definition) is 1. The standard InChI is InChI=1S/C14H14BrNO4/c1-2-3-4-11(14(19)20)16-12(17)9-6-5-8(15)7-10(9)13(16)18/h5-7,11H,2-4H2,1H3,(H,19,20). The van der Waals surface area contributed by atoms with Crippen LogP contribution in [0.15, 0.2) is 22.7 Å². The molecule has 1 N–H and O–H groups in total. The largest absolute Gasteiger partial charge is 0.480 e. The Labute approximate surface area is 124 Å². The van der Waals surface area contributed by atoms with E-state index in [0.29, 0.717) is 10.9 Å². The zero-order chi connectivity index (χ0) is 14.9. The van der Waals surface area contributed by atoms with E-state index in [1.165, 1.54) is 0 Å². The van der Waals surface area contributed by atoms with Crippen LogP contribution in [0.3, 0.4) is 0 Å². The molecule has 0 fully saturated rings. The van der Waals surface area contributed by atoms with E-state index in [0.717, 1.165) is 11.3 Å². The van der Waals surface area contributed by atoms with Crippen LogP contribution < -0.4 is 0 Å².